The van der Waals surface area contributed by atoms with Crippen LogP contribution in [0, 0.1) is 0 Å². The van der Waals surface area contributed by atoms with E-state index in [0.29, 0.717) is 12.3 Å². The van der Waals surface area contributed by atoms with E-state index in [1.807, 2.05) is 13.1 Å². The van der Waals surface area contributed by atoms with Crippen LogP contribution in [0.2, 0.25) is 0 Å². The largest absolute Gasteiger partial charge is 0.481 e. The molecule has 2 rings (SSSR count). The number of halogens is 1. The van der Waals surface area contributed by atoms with Gasteiger partial charge in [-0.15, -0.1) is 0 Å². The molecule has 86 valence electrons. The summed E-state index contributed by atoms with van der Waals surface area (Å²) in [6.45, 7) is 0.916. The Hall–Kier alpha value is -1.03. The van der Waals surface area contributed by atoms with Crippen molar-refractivity contribution < 1.29 is 9.90 Å². The molecule has 0 spiro atoms. The van der Waals surface area contributed by atoms with Crippen LogP contribution in [-0.4, -0.2) is 24.7 Å². The molecule has 0 radical (unpaired) electrons. The highest BCUT2D eigenvalue weighted by molar-refractivity contribution is 9.10. The fourth-order valence-corrected chi connectivity index (χ4v) is 2.61. The Morgan fingerprint density at radius 2 is 2.38 bits per heavy atom. The summed E-state index contributed by atoms with van der Waals surface area (Å²) < 4.78 is 1.07. The molecule has 1 unspecified atom stereocenters. The first-order valence-electron chi connectivity index (χ1n) is 5.30. The van der Waals surface area contributed by atoms with Crippen LogP contribution < -0.4 is 4.90 Å². The Labute approximate surface area is 103 Å². The van der Waals surface area contributed by atoms with Gasteiger partial charge in [0.15, 0.2) is 0 Å². The number of fused-ring (bicyclic) bond motifs is 1. The van der Waals surface area contributed by atoms with Crippen LogP contribution >= 0.6 is 15.9 Å². The standard InChI is InChI=1S/C12H14BrNO2/c1-14-7-8(2-5-12(15)16)10-4-3-9(13)6-11(10)14/h3-4,6,8H,2,5,7H2,1H3,(H,15,16). The molecule has 0 saturated heterocycles. The summed E-state index contributed by atoms with van der Waals surface area (Å²) >= 11 is 3.45. The number of likely N-dealkylation sites (N-methyl/N-ethyl adjacent to an activating group) is 1. The lowest BCUT2D eigenvalue weighted by Crippen LogP contribution is -2.15. The molecular formula is C12H14BrNO2. The minimum absolute atomic E-state index is 0.244. The van der Waals surface area contributed by atoms with Crippen molar-refractivity contribution in [2.75, 3.05) is 18.5 Å². The molecule has 3 nitrogen and oxygen atoms in total. The van der Waals surface area contributed by atoms with E-state index < -0.39 is 5.97 Å². The lowest BCUT2D eigenvalue weighted by Gasteiger charge is -2.12. The summed E-state index contributed by atoms with van der Waals surface area (Å²) in [5.74, 6) is -0.364. The topological polar surface area (TPSA) is 40.5 Å². The molecule has 0 aromatic heterocycles. The zero-order chi connectivity index (χ0) is 11.7. The highest BCUT2D eigenvalue weighted by atomic mass is 79.9. The van der Waals surface area contributed by atoms with E-state index in [4.69, 9.17) is 5.11 Å². The molecule has 4 heteroatoms. The summed E-state index contributed by atoms with van der Waals surface area (Å²) in [5.41, 5.74) is 2.48. The Bertz CT molecular complexity index is 419. The summed E-state index contributed by atoms with van der Waals surface area (Å²) in [5, 5.41) is 8.71. The van der Waals surface area contributed by atoms with Crippen LogP contribution in [0.3, 0.4) is 0 Å². The fraction of sp³-hybridized carbons (Fsp3) is 0.417. The molecule has 1 aromatic rings. The lowest BCUT2D eigenvalue weighted by atomic mass is 9.96. The molecule has 0 saturated carbocycles. The van der Waals surface area contributed by atoms with Gasteiger partial charge in [-0.2, -0.15) is 0 Å². The molecule has 0 bridgehead atoms. The van der Waals surface area contributed by atoms with E-state index in [2.05, 4.69) is 33.0 Å². The van der Waals surface area contributed by atoms with Crippen molar-refractivity contribution in [3.8, 4) is 0 Å². The van der Waals surface area contributed by atoms with Gasteiger partial charge in [0.2, 0.25) is 0 Å². The average Bonchev–Trinajstić information content (AvgIpc) is 2.53. The van der Waals surface area contributed by atoms with E-state index in [0.717, 1.165) is 11.0 Å². The van der Waals surface area contributed by atoms with Crippen molar-refractivity contribution in [1.82, 2.24) is 0 Å². The number of nitrogens with zero attached hydrogens (tertiary/aromatic N) is 1. The third-order valence-corrected chi connectivity index (χ3v) is 3.54. The van der Waals surface area contributed by atoms with Crippen molar-refractivity contribution in [3.05, 3.63) is 28.2 Å². The maximum absolute atomic E-state index is 10.6. The minimum Gasteiger partial charge on any atom is -0.481 e. The Kier molecular flexibility index (Phi) is 3.19. The zero-order valence-electron chi connectivity index (χ0n) is 9.11. The van der Waals surface area contributed by atoms with Crippen molar-refractivity contribution in [3.63, 3.8) is 0 Å². The van der Waals surface area contributed by atoms with Gasteiger partial charge in [-0.1, -0.05) is 22.0 Å². The second-order valence-corrected chi connectivity index (χ2v) is 5.13. The van der Waals surface area contributed by atoms with Gasteiger partial charge in [0.05, 0.1) is 0 Å². The van der Waals surface area contributed by atoms with E-state index in [9.17, 15) is 4.79 Å². The predicted octanol–water partition coefficient (Wildman–Crippen LogP) is 2.85. The lowest BCUT2D eigenvalue weighted by molar-refractivity contribution is -0.137. The summed E-state index contributed by atoms with van der Waals surface area (Å²) in [6.07, 6.45) is 0.961. The smallest absolute Gasteiger partial charge is 0.303 e. The highest BCUT2D eigenvalue weighted by Crippen LogP contribution is 2.39. The number of hydrogen-bond acceptors (Lipinski definition) is 2. The third-order valence-electron chi connectivity index (χ3n) is 3.04. The number of aliphatic carboxylic acids is 1. The normalized spacial score (nSPS) is 18.6. The van der Waals surface area contributed by atoms with Crippen LogP contribution in [0.15, 0.2) is 22.7 Å². The first-order valence-corrected chi connectivity index (χ1v) is 6.09. The van der Waals surface area contributed by atoms with Crippen LogP contribution in [0.5, 0.6) is 0 Å². The third kappa shape index (κ3) is 2.21. The van der Waals surface area contributed by atoms with E-state index in [1.165, 1.54) is 11.3 Å². The van der Waals surface area contributed by atoms with E-state index in [1.54, 1.807) is 0 Å². The van der Waals surface area contributed by atoms with Gasteiger partial charge in [0.25, 0.3) is 0 Å². The number of rotatable bonds is 3. The molecule has 1 N–H and O–H groups in total. The molecule has 0 aliphatic carbocycles. The Balaban J connectivity index is 2.19. The second kappa shape index (κ2) is 4.45. The number of carboxylic acid groups (broad SMARTS) is 1. The quantitative estimate of drug-likeness (QED) is 0.927. The number of carbonyl (C=O) groups is 1. The molecule has 1 aliphatic rings. The SMILES string of the molecule is CN1CC(CCC(=O)O)c2ccc(Br)cc21. The predicted molar refractivity (Wildman–Crippen MR) is 67.0 cm³/mol. The molecular weight excluding hydrogens is 270 g/mol. The van der Waals surface area contributed by atoms with E-state index >= 15 is 0 Å². The molecule has 1 aliphatic heterocycles. The maximum atomic E-state index is 10.6. The van der Waals surface area contributed by atoms with Gasteiger partial charge in [-0.3, -0.25) is 4.79 Å². The van der Waals surface area contributed by atoms with Crippen molar-refractivity contribution in [2.45, 2.75) is 18.8 Å². The fourth-order valence-electron chi connectivity index (χ4n) is 2.26. The van der Waals surface area contributed by atoms with Crippen LogP contribution in [0.25, 0.3) is 0 Å². The summed E-state index contributed by atoms with van der Waals surface area (Å²) in [7, 11) is 2.05. The van der Waals surface area contributed by atoms with Crippen LogP contribution in [-0.2, 0) is 4.79 Å². The number of carboxylic acids is 1. The molecule has 1 heterocycles. The second-order valence-electron chi connectivity index (χ2n) is 4.21. The van der Waals surface area contributed by atoms with Crippen LogP contribution in [0.4, 0.5) is 5.69 Å². The number of hydrogen-bond donors (Lipinski definition) is 1. The maximum Gasteiger partial charge on any atom is 0.303 e. The first-order chi connectivity index (χ1) is 7.58. The van der Waals surface area contributed by atoms with Gasteiger partial charge in [0, 0.05) is 36.1 Å². The summed E-state index contributed by atoms with van der Waals surface area (Å²) in [6, 6.07) is 6.21. The van der Waals surface area contributed by atoms with Gasteiger partial charge in [-0.25, -0.2) is 0 Å². The Morgan fingerprint density at radius 3 is 3.06 bits per heavy atom. The van der Waals surface area contributed by atoms with Crippen molar-refractivity contribution in [1.29, 1.82) is 0 Å². The summed E-state index contributed by atoms with van der Waals surface area (Å²) in [4.78, 5) is 12.8. The Morgan fingerprint density at radius 1 is 1.62 bits per heavy atom. The molecule has 1 aromatic carbocycles. The highest BCUT2D eigenvalue weighted by Gasteiger charge is 2.26. The minimum atomic E-state index is -0.715. The number of benzene rings is 1. The average molecular weight is 284 g/mol. The molecule has 1 atom stereocenters. The zero-order valence-corrected chi connectivity index (χ0v) is 10.7. The first kappa shape index (κ1) is 11.5. The van der Waals surface area contributed by atoms with Gasteiger partial charge < -0.3 is 10.0 Å². The van der Waals surface area contributed by atoms with Gasteiger partial charge >= 0.3 is 5.97 Å². The molecule has 16 heavy (non-hydrogen) atoms. The molecule has 0 fully saturated rings. The van der Waals surface area contributed by atoms with Gasteiger partial charge in [-0.05, 0) is 24.1 Å². The van der Waals surface area contributed by atoms with Crippen LogP contribution in [0.1, 0.15) is 24.3 Å². The van der Waals surface area contributed by atoms with Crippen molar-refractivity contribution >= 4 is 27.6 Å². The van der Waals surface area contributed by atoms with Crippen molar-refractivity contribution in [2.24, 2.45) is 0 Å². The monoisotopic (exact) mass is 283 g/mol. The van der Waals surface area contributed by atoms with E-state index in [-0.39, 0.29) is 6.42 Å². The van der Waals surface area contributed by atoms with Gasteiger partial charge in [0.1, 0.15) is 0 Å². The molecule has 0 amide bonds. The number of anilines is 1.